The summed E-state index contributed by atoms with van der Waals surface area (Å²) in [4.78, 5) is 13.7. The van der Waals surface area contributed by atoms with Gasteiger partial charge >= 0.3 is 0 Å². The molecule has 2 rings (SSSR count). The number of hydrogen-bond donors (Lipinski definition) is 0. The van der Waals surface area contributed by atoms with E-state index < -0.39 is 0 Å². The van der Waals surface area contributed by atoms with Crippen molar-refractivity contribution in [2.45, 2.75) is 25.9 Å². The second kappa shape index (κ2) is 6.57. The number of carbonyl (C=O) groups is 1. The predicted octanol–water partition coefficient (Wildman–Crippen LogP) is 2.01. The number of hydrogen-bond acceptors (Lipinski definition) is 3. The molecule has 1 fully saturated rings. The molecule has 4 heteroatoms. The van der Waals surface area contributed by atoms with Gasteiger partial charge in [-0.15, -0.1) is 0 Å². The maximum absolute atomic E-state index is 12.0. The molecule has 1 heterocycles. The minimum absolute atomic E-state index is 0.0610. The monoisotopic (exact) mass is 263 g/mol. The number of carbonyl (C=O) groups excluding carboxylic acids is 1. The largest absolute Gasteiger partial charge is 0.491 e. The molecule has 104 valence electrons. The lowest BCUT2D eigenvalue weighted by Crippen LogP contribution is -2.38. The zero-order valence-corrected chi connectivity index (χ0v) is 11.6. The zero-order chi connectivity index (χ0) is 13.7. The normalized spacial score (nSPS) is 18.3. The van der Waals surface area contributed by atoms with Gasteiger partial charge in [0.05, 0.1) is 6.54 Å². The fourth-order valence-electron chi connectivity index (χ4n) is 2.14. The number of aryl methyl sites for hydroxylation is 1. The van der Waals surface area contributed by atoms with Crippen molar-refractivity contribution < 1.29 is 14.3 Å². The highest BCUT2D eigenvalue weighted by molar-refractivity contribution is 5.80. The summed E-state index contributed by atoms with van der Waals surface area (Å²) in [6.07, 6.45) is 1.56. The van der Waals surface area contributed by atoms with Crippen LogP contribution in [-0.2, 0) is 9.53 Å². The molecule has 0 bridgehead atoms. The lowest BCUT2D eigenvalue weighted by molar-refractivity contribution is -0.139. The predicted molar refractivity (Wildman–Crippen MR) is 73.3 cm³/mol. The van der Waals surface area contributed by atoms with Crippen molar-refractivity contribution in [2.24, 2.45) is 0 Å². The van der Waals surface area contributed by atoms with E-state index in [-0.39, 0.29) is 12.0 Å². The number of benzene rings is 1. The van der Waals surface area contributed by atoms with Gasteiger partial charge in [-0.2, -0.15) is 0 Å². The van der Waals surface area contributed by atoms with Gasteiger partial charge in [0.15, 0.2) is 0 Å². The molecule has 0 aliphatic carbocycles. The highest BCUT2D eigenvalue weighted by Gasteiger charge is 2.26. The van der Waals surface area contributed by atoms with Gasteiger partial charge in [-0.1, -0.05) is 18.2 Å². The molecule has 4 nitrogen and oxygen atoms in total. The van der Waals surface area contributed by atoms with Gasteiger partial charge in [-0.3, -0.25) is 4.79 Å². The summed E-state index contributed by atoms with van der Waals surface area (Å²) in [5.74, 6) is 0.936. The number of ether oxygens (including phenoxy) is 2. The van der Waals surface area contributed by atoms with E-state index in [1.165, 1.54) is 0 Å². The maximum Gasteiger partial charge on any atom is 0.251 e. The third-order valence-electron chi connectivity index (χ3n) is 3.36. The summed E-state index contributed by atoms with van der Waals surface area (Å²) in [7, 11) is 1.80. The third-order valence-corrected chi connectivity index (χ3v) is 3.36. The molecular formula is C15H21NO3. The molecule has 0 saturated carbocycles. The van der Waals surface area contributed by atoms with Crippen molar-refractivity contribution in [2.75, 3.05) is 26.8 Å². The van der Waals surface area contributed by atoms with Crippen LogP contribution in [0.4, 0.5) is 0 Å². The maximum atomic E-state index is 12.0. The summed E-state index contributed by atoms with van der Waals surface area (Å²) in [6.45, 7) is 3.79. The molecule has 1 aromatic carbocycles. The average Bonchev–Trinajstić information content (AvgIpc) is 2.94. The zero-order valence-electron chi connectivity index (χ0n) is 11.6. The molecule has 1 amide bonds. The molecule has 1 atom stereocenters. The number of nitrogens with zero attached hydrogens (tertiary/aromatic N) is 1. The fourth-order valence-corrected chi connectivity index (χ4v) is 2.14. The van der Waals surface area contributed by atoms with E-state index in [1.807, 2.05) is 31.2 Å². The van der Waals surface area contributed by atoms with E-state index in [2.05, 4.69) is 0 Å². The minimum atomic E-state index is -0.247. The van der Waals surface area contributed by atoms with Crippen LogP contribution in [0.1, 0.15) is 18.4 Å². The van der Waals surface area contributed by atoms with Crippen molar-refractivity contribution in [1.29, 1.82) is 0 Å². The Hall–Kier alpha value is -1.55. The van der Waals surface area contributed by atoms with Gasteiger partial charge in [0.2, 0.25) is 0 Å². The van der Waals surface area contributed by atoms with E-state index in [0.717, 1.165) is 24.2 Å². The van der Waals surface area contributed by atoms with E-state index in [9.17, 15) is 4.79 Å². The molecule has 1 unspecified atom stereocenters. The first-order chi connectivity index (χ1) is 9.18. The van der Waals surface area contributed by atoms with Crippen LogP contribution in [0.15, 0.2) is 24.3 Å². The fraction of sp³-hybridized carbons (Fsp3) is 0.533. The Morgan fingerprint density at radius 1 is 1.47 bits per heavy atom. The number of para-hydroxylation sites is 1. The van der Waals surface area contributed by atoms with Crippen molar-refractivity contribution in [3.63, 3.8) is 0 Å². The Balaban J connectivity index is 1.76. The molecular weight excluding hydrogens is 242 g/mol. The van der Waals surface area contributed by atoms with Gasteiger partial charge in [-0.05, 0) is 31.4 Å². The average molecular weight is 263 g/mol. The van der Waals surface area contributed by atoms with Gasteiger partial charge in [0, 0.05) is 13.7 Å². The summed E-state index contributed by atoms with van der Waals surface area (Å²) in [6, 6.07) is 7.88. The summed E-state index contributed by atoms with van der Waals surface area (Å²) in [5, 5.41) is 0. The molecule has 0 spiro atoms. The summed E-state index contributed by atoms with van der Waals surface area (Å²) >= 11 is 0. The molecule has 1 aliphatic rings. The second-order valence-corrected chi connectivity index (χ2v) is 4.88. The highest BCUT2D eigenvalue weighted by atomic mass is 16.5. The summed E-state index contributed by atoms with van der Waals surface area (Å²) < 4.78 is 11.1. The third kappa shape index (κ3) is 3.70. The van der Waals surface area contributed by atoms with Crippen molar-refractivity contribution in [1.82, 2.24) is 4.90 Å². The Morgan fingerprint density at radius 3 is 2.95 bits per heavy atom. The van der Waals surface area contributed by atoms with Crippen molar-refractivity contribution in [3.05, 3.63) is 29.8 Å². The topological polar surface area (TPSA) is 38.8 Å². The van der Waals surface area contributed by atoms with Crippen LogP contribution in [0.25, 0.3) is 0 Å². The molecule has 0 aromatic heterocycles. The first kappa shape index (κ1) is 13.9. The van der Waals surface area contributed by atoms with Crippen LogP contribution in [0.5, 0.6) is 5.75 Å². The number of likely N-dealkylation sites (N-methyl/N-ethyl adjacent to an activating group) is 1. The molecule has 1 saturated heterocycles. The van der Waals surface area contributed by atoms with Gasteiger partial charge in [0.25, 0.3) is 5.91 Å². The van der Waals surface area contributed by atoms with Crippen LogP contribution in [0.2, 0.25) is 0 Å². The van der Waals surface area contributed by atoms with Crippen LogP contribution in [0, 0.1) is 6.92 Å². The molecule has 1 aliphatic heterocycles. The minimum Gasteiger partial charge on any atom is -0.491 e. The Labute approximate surface area is 114 Å². The van der Waals surface area contributed by atoms with E-state index in [0.29, 0.717) is 19.8 Å². The highest BCUT2D eigenvalue weighted by Crippen LogP contribution is 2.16. The van der Waals surface area contributed by atoms with Gasteiger partial charge < -0.3 is 14.4 Å². The summed E-state index contributed by atoms with van der Waals surface area (Å²) in [5.41, 5.74) is 1.11. The first-order valence-electron chi connectivity index (χ1n) is 6.73. The smallest absolute Gasteiger partial charge is 0.251 e. The molecule has 19 heavy (non-hydrogen) atoms. The van der Waals surface area contributed by atoms with Crippen LogP contribution < -0.4 is 4.74 Å². The van der Waals surface area contributed by atoms with Crippen molar-refractivity contribution in [3.8, 4) is 5.75 Å². The molecule has 1 aromatic rings. The number of rotatable bonds is 5. The van der Waals surface area contributed by atoms with E-state index in [4.69, 9.17) is 9.47 Å². The van der Waals surface area contributed by atoms with E-state index >= 15 is 0 Å². The van der Waals surface area contributed by atoms with Crippen LogP contribution in [0.3, 0.4) is 0 Å². The Bertz CT molecular complexity index is 427. The van der Waals surface area contributed by atoms with Gasteiger partial charge in [-0.25, -0.2) is 0 Å². The SMILES string of the molecule is Cc1ccccc1OCCN(C)C(=O)C1CCCO1. The quantitative estimate of drug-likeness (QED) is 0.815. The van der Waals surface area contributed by atoms with Crippen molar-refractivity contribution >= 4 is 5.91 Å². The van der Waals surface area contributed by atoms with Gasteiger partial charge in [0.1, 0.15) is 18.5 Å². The van der Waals surface area contributed by atoms with E-state index in [1.54, 1.807) is 11.9 Å². The second-order valence-electron chi connectivity index (χ2n) is 4.88. The lowest BCUT2D eigenvalue weighted by Gasteiger charge is -2.20. The van der Waals surface area contributed by atoms with Crippen LogP contribution in [-0.4, -0.2) is 43.7 Å². The molecule has 0 N–H and O–H groups in total. The Morgan fingerprint density at radius 2 is 2.26 bits per heavy atom. The Kier molecular flexibility index (Phi) is 4.80. The van der Waals surface area contributed by atoms with Crippen LogP contribution >= 0.6 is 0 Å². The standard InChI is InChI=1S/C15H21NO3/c1-12-6-3-4-7-13(12)19-11-9-16(2)15(17)14-8-5-10-18-14/h3-4,6-7,14H,5,8-11H2,1-2H3. The number of amides is 1. The first-order valence-corrected chi connectivity index (χ1v) is 6.73. The molecule has 0 radical (unpaired) electrons. The lowest BCUT2D eigenvalue weighted by atomic mass is 10.2.